The van der Waals surface area contributed by atoms with Crippen molar-refractivity contribution in [2.24, 2.45) is 0 Å². The summed E-state index contributed by atoms with van der Waals surface area (Å²) in [6.07, 6.45) is 0. The monoisotopic (exact) mass is 285 g/mol. The summed E-state index contributed by atoms with van der Waals surface area (Å²) in [6, 6.07) is 14.2. The summed E-state index contributed by atoms with van der Waals surface area (Å²) in [4.78, 5) is 11.7. The van der Waals surface area contributed by atoms with E-state index in [4.69, 9.17) is 4.74 Å². The number of hydrogen-bond acceptors (Lipinski definition) is 4. The molecule has 1 unspecified atom stereocenters. The standard InChI is InChI=1S/C17H19NO3/c1-3-21-17(20)13-7-6-8-14(11-13)18-12(2)15-9-4-5-10-16(15)19/h4-12,18-19H,3H2,1-2H3. The molecule has 0 aromatic heterocycles. The Hall–Kier alpha value is -2.49. The molecule has 0 amide bonds. The SMILES string of the molecule is CCOC(=O)c1cccc(NC(C)c2ccccc2O)c1. The average molecular weight is 285 g/mol. The first-order valence-electron chi connectivity index (χ1n) is 6.93. The first-order chi connectivity index (χ1) is 10.1. The van der Waals surface area contributed by atoms with Gasteiger partial charge in [-0.25, -0.2) is 4.79 Å². The summed E-state index contributed by atoms with van der Waals surface area (Å²) < 4.78 is 4.98. The van der Waals surface area contributed by atoms with Crippen LogP contribution in [0.4, 0.5) is 5.69 Å². The van der Waals surface area contributed by atoms with E-state index in [-0.39, 0.29) is 17.8 Å². The number of nitrogens with one attached hydrogen (secondary N) is 1. The van der Waals surface area contributed by atoms with Crippen LogP contribution in [-0.4, -0.2) is 17.7 Å². The molecule has 0 aliphatic heterocycles. The van der Waals surface area contributed by atoms with Gasteiger partial charge in [-0.05, 0) is 38.1 Å². The van der Waals surface area contributed by atoms with Crippen molar-refractivity contribution in [3.05, 3.63) is 59.7 Å². The van der Waals surface area contributed by atoms with E-state index >= 15 is 0 Å². The molecule has 2 aromatic carbocycles. The number of phenolic OH excluding ortho intramolecular Hbond substituents is 1. The smallest absolute Gasteiger partial charge is 0.338 e. The lowest BCUT2D eigenvalue weighted by molar-refractivity contribution is 0.0526. The van der Waals surface area contributed by atoms with Crippen molar-refractivity contribution in [3.63, 3.8) is 0 Å². The molecule has 2 rings (SSSR count). The number of ether oxygens (including phenoxy) is 1. The minimum absolute atomic E-state index is 0.0800. The molecule has 0 fully saturated rings. The van der Waals surface area contributed by atoms with Gasteiger partial charge in [-0.2, -0.15) is 0 Å². The predicted molar refractivity (Wildman–Crippen MR) is 82.5 cm³/mol. The van der Waals surface area contributed by atoms with Crippen LogP contribution in [0.5, 0.6) is 5.75 Å². The van der Waals surface area contributed by atoms with Gasteiger partial charge in [-0.15, -0.1) is 0 Å². The molecule has 0 spiro atoms. The van der Waals surface area contributed by atoms with Crippen molar-refractivity contribution in [3.8, 4) is 5.75 Å². The maximum absolute atomic E-state index is 11.7. The number of aromatic hydroxyl groups is 1. The lowest BCUT2D eigenvalue weighted by Crippen LogP contribution is -2.09. The highest BCUT2D eigenvalue weighted by atomic mass is 16.5. The van der Waals surface area contributed by atoms with Gasteiger partial charge in [-0.1, -0.05) is 24.3 Å². The fraction of sp³-hybridized carbons (Fsp3) is 0.235. The number of rotatable bonds is 5. The van der Waals surface area contributed by atoms with E-state index in [9.17, 15) is 9.90 Å². The van der Waals surface area contributed by atoms with Gasteiger partial charge in [0.25, 0.3) is 0 Å². The zero-order chi connectivity index (χ0) is 15.2. The van der Waals surface area contributed by atoms with Crippen molar-refractivity contribution < 1.29 is 14.6 Å². The first kappa shape index (κ1) is 14.9. The molecule has 0 saturated carbocycles. The molecule has 4 heteroatoms. The van der Waals surface area contributed by atoms with Crippen molar-refractivity contribution in [2.75, 3.05) is 11.9 Å². The molecule has 0 radical (unpaired) electrons. The van der Waals surface area contributed by atoms with Gasteiger partial charge in [0.05, 0.1) is 18.2 Å². The second-order valence-corrected chi connectivity index (χ2v) is 4.73. The van der Waals surface area contributed by atoms with E-state index in [0.717, 1.165) is 11.3 Å². The average Bonchev–Trinajstić information content (AvgIpc) is 2.48. The van der Waals surface area contributed by atoms with E-state index in [1.54, 1.807) is 37.3 Å². The van der Waals surface area contributed by atoms with Gasteiger partial charge in [0, 0.05) is 11.3 Å². The minimum Gasteiger partial charge on any atom is -0.508 e. The lowest BCUT2D eigenvalue weighted by atomic mass is 10.1. The van der Waals surface area contributed by atoms with E-state index in [1.165, 1.54) is 0 Å². The number of benzene rings is 2. The molecule has 110 valence electrons. The Morgan fingerprint density at radius 1 is 1.24 bits per heavy atom. The Morgan fingerprint density at radius 2 is 2.00 bits per heavy atom. The molecule has 0 saturated heterocycles. The Balaban J connectivity index is 2.15. The van der Waals surface area contributed by atoms with Crippen molar-refractivity contribution in [2.45, 2.75) is 19.9 Å². The Bertz CT molecular complexity index is 625. The number of para-hydroxylation sites is 1. The number of carbonyl (C=O) groups excluding carboxylic acids is 1. The Kier molecular flexibility index (Phi) is 4.82. The largest absolute Gasteiger partial charge is 0.508 e. The summed E-state index contributed by atoms with van der Waals surface area (Å²) >= 11 is 0. The maximum Gasteiger partial charge on any atom is 0.338 e. The summed E-state index contributed by atoms with van der Waals surface area (Å²) in [5.41, 5.74) is 2.11. The van der Waals surface area contributed by atoms with Gasteiger partial charge in [-0.3, -0.25) is 0 Å². The molecule has 0 aliphatic carbocycles. The highest BCUT2D eigenvalue weighted by molar-refractivity contribution is 5.90. The van der Waals surface area contributed by atoms with E-state index in [2.05, 4.69) is 5.32 Å². The predicted octanol–water partition coefficient (Wildman–Crippen LogP) is 3.74. The summed E-state index contributed by atoms with van der Waals surface area (Å²) in [5.74, 6) is -0.0876. The Labute approximate surface area is 124 Å². The van der Waals surface area contributed by atoms with E-state index < -0.39 is 0 Å². The molecule has 0 bridgehead atoms. The summed E-state index contributed by atoms with van der Waals surface area (Å²) in [5, 5.41) is 13.1. The molecule has 21 heavy (non-hydrogen) atoms. The third-order valence-corrected chi connectivity index (χ3v) is 3.16. The zero-order valence-electron chi connectivity index (χ0n) is 12.2. The Morgan fingerprint density at radius 3 is 2.71 bits per heavy atom. The fourth-order valence-corrected chi connectivity index (χ4v) is 2.13. The van der Waals surface area contributed by atoms with Crippen LogP contribution in [0.25, 0.3) is 0 Å². The van der Waals surface area contributed by atoms with Crippen LogP contribution in [0.15, 0.2) is 48.5 Å². The summed E-state index contributed by atoms with van der Waals surface area (Å²) in [6.45, 7) is 4.08. The quantitative estimate of drug-likeness (QED) is 0.822. The summed E-state index contributed by atoms with van der Waals surface area (Å²) in [7, 11) is 0. The van der Waals surface area contributed by atoms with Crippen LogP contribution < -0.4 is 5.32 Å². The van der Waals surface area contributed by atoms with E-state index in [1.807, 2.05) is 25.1 Å². The van der Waals surface area contributed by atoms with Crippen molar-refractivity contribution >= 4 is 11.7 Å². The zero-order valence-corrected chi connectivity index (χ0v) is 12.2. The fourth-order valence-electron chi connectivity index (χ4n) is 2.13. The van der Waals surface area contributed by atoms with Gasteiger partial charge < -0.3 is 15.2 Å². The molecule has 0 heterocycles. The van der Waals surface area contributed by atoms with Gasteiger partial charge >= 0.3 is 5.97 Å². The third-order valence-electron chi connectivity index (χ3n) is 3.16. The molecule has 2 aromatic rings. The highest BCUT2D eigenvalue weighted by Crippen LogP contribution is 2.26. The maximum atomic E-state index is 11.7. The second kappa shape index (κ2) is 6.79. The number of esters is 1. The second-order valence-electron chi connectivity index (χ2n) is 4.73. The van der Waals surface area contributed by atoms with Gasteiger partial charge in [0.2, 0.25) is 0 Å². The van der Waals surface area contributed by atoms with Crippen LogP contribution in [0.1, 0.15) is 35.8 Å². The first-order valence-corrected chi connectivity index (χ1v) is 6.93. The van der Waals surface area contributed by atoms with E-state index in [0.29, 0.717) is 12.2 Å². The van der Waals surface area contributed by atoms with Crippen molar-refractivity contribution in [1.82, 2.24) is 0 Å². The van der Waals surface area contributed by atoms with Crippen LogP contribution in [0.3, 0.4) is 0 Å². The highest BCUT2D eigenvalue weighted by Gasteiger charge is 2.11. The topological polar surface area (TPSA) is 58.6 Å². The number of anilines is 1. The lowest BCUT2D eigenvalue weighted by Gasteiger charge is -2.17. The van der Waals surface area contributed by atoms with Crippen LogP contribution in [-0.2, 0) is 4.74 Å². The van der Waals surface area contributed by atoms with Crippen LogP contribution in [0.2, 0.25) is 0 Å². The van der Waals surface area contributed by atoms with Crippen LogP contribution in [0, 0.1) is 0 Å². The number of hydrogen-bond donors (Lipinski definition) is 2. The normalized spacial score (nSPS) is 11.7. The van der Waals surface area contributed by atoms with Gasteiger partial charge in [0.15, 0.2) is 0 Å². The molecule has 2 N–H and O–H groups in total. The van der Waals surface area contributed by atoms with Gasteiger partial charge in [0.1, 0.15) is 5.75 Å². The number of phenols is 1. The molecule has 1 atom stereocenters. The third kappa shape index (κ3) is 3.75. The molecule has 0 aliphatic rings. The van der Waals surface area contributed by atoms with Crippen LogP contribution >= 0.6 is 0 Å². The molecular weight excluding hydrogens is 266 g/mol. The minimum atomic E-state index is -0.337. The van der Waals surface area contributed by atoms with Crippen molar-refractivity contribution in [1.29, 1.82) is 0 Å². The molecule has 4 nitrogen and oxygen atoms in total. The molecular formula is C17H19NO3. The number of carbonyl (C=O) groups is 1.